The summed E-state index contributed by atoms with van der Waals surface area (Å²) in [6.07, 6.45) is 3.40. The van der Waals surface area contributed by atoms with Crippen LogP contribution in [0.4, 0.5) is 4.79 Å². The molecule has 0 saturated carbocycles. The number of amides is 2. The second-order valence-corrected chi connectivity index (χ2v) is 3.05. The molecule has 0 bridgehead atoms. The van der Waals surface area contributed by atoms with Crippen LogP contribution in [0.3, 0.4) is 0 Å². The summed E-state index contributed by atoms with van der Waals surface area (Å²) >= 11 is 0. The Bertz CT molecular complexity index is 303. The van der Waals surface area contributed by atoms with Crippen LogP contribution in [0, 0.1) is 0 Å². The third-order valence-corrected chi connectivity index (χ3v) is 1.82. The Morgan fingerprint density at radius 3 is 2.80 bits per heavy atom. The van der Waals surface area contributed by atoms with E-state index >= 15 is 0 Å². The van der Waals surface area contributed by atoms with Crippen molar-refractivity contribution in [2.24, 2.45) is 0 Å². The first-order chi connectivity index (χ1) is 7.24. The van der Waals surface area contributed by atoms with Gasteiger partial charge in [0, 0.05) is 26.0 Å². The number of carbonyl (C=O) groups is 1. The Kier molecular flexibility index (Phi) is 4.56. The highest BCUT2D eigenvalue weighted by molar-refractivity contribution is 5.72. The van der Waals surface area contributed by atoms with Crippen LogP contribution >= 0.6 is 0 Å². The molecule has 0 aliphatic heterocycles. The van der Waals surface area contributed by atoms with Crippen molar-refractivity contribution in [2.75, 3.05) is 13.7 Å². The number of aromatic nitrogens is 1. The Morgan fingerprint density at radius 1 is 1.53 bits per heavy atom. The first-order valence-electron chi connectivity index (χ1n) is 4.76. The summed E-state index contributed by atoms with van der Waals surface area (Å²) in [5.74, 6) is 0. The Hall–Kier alpha value is -1.62. The second kappa shape index (κ2) is 5.98. The van der Waals surface area contributed by atoms with Crippen LogP contribution in [0.2, 0.25) is 0 Å². The lowest BCUT2D eigenvalue weighted by Gasteiger charge is -2.17. The van der Waals surface area contributed by atoms with Gasteiger partial charge in [0.2, 0.25) is 0 Å². The minimum Gasteiger partial charge on any atom is -0.322 e. The number of hydrogen-bond donors (Lipinski definition) is 1. The fourth-order valence-electron chi connectivity index (χ4n) is 1.05. The van der Waals surface area contributed by atoms with E-state index in [9.17, 15) is 4.79 Å². The van der Waals surface area contributed by atoms with Gasteiger partial charge in [-0.25, -0.2) is 10.3 Å². The van der Waals surface area contributed by atoms with Gasteiger partial charge in [-0.05, 0) is 24.6 Å². The van der Waals surface area contributed by atoms with Gasteiger partial charge in [0.15, 0.2) is 0 Å². The standard InChI is InChI=1S/C10H15N3O2/c1-3-15-12-10(14)13(2)8-9-4-6-11-7-5-9/h4-7H,3,8H2,1-2H3,(H,12,14). The van der Waals surface area contributed by atoms with Gasteiger partial charge in [-0.2, -0.15) is 0 Å². The van der Waals surface area contributed by atoms with Crippen molar-refractivity contribution in [3.8, 4) is 0 Å². The van der Waals surface area contributed by atoms with Crippen molar-refractivity contribution in [1.29, 1.82) is 0 Å². The van der Waals surface area contributed by atoms with Crippen LogP contribution in [0.1, 0.15) is 12.5 Å². The molecule has 1 aromatic rings. The van der Waals surface area contributed by atoms with E-state index in [2.05, 4.69) is 10.5 Å². The topological polar surface area (TPSA) is 54.5 Å². The van der Waals surface area contributed by atoms with Crippen LogP contribution in [0.5, 0.6) is 0 Å². The van der Waals surface area contributed by atoms with Crippen molar-refractivity contribution in [3.63, 3.8) is 0 Å². The maximum Gasteiger partial charge on any atom is 0.341 e. The molecule has 15 heavy (non-hydrogen) atoms. The van der Waals surface area contributed by atoms with E-state index in [0.29, 0.717) is 13.2 Å². The van der Waals surface area contributed by atoms with Crippen molar-refractivity contribution < 1.29 is 9.63 Å². The molecule has 0 aliphatic carbocycles. The van der Waals surface area contributed by atoms with Gasteiger partial charge in [-0.3, -0.25) is 9.82 Å². The predicted molar refractivity (Wildman–Crippen MR) is 55.9 cm³/mol. The maximum absolute atomic E-state index is 11.4. The minimum absolute atomic E-state index is 0.256. The molecule has 0 spiro atoms. The Labute approximate surface area is 89.0 Å². The lowest BCUT2D eigenvalue weighted by molar-refractivity contribution is 0.0579. The molecule has 5 heteroatoms. The van der Waals surface area contributed by atoms with Crippen molar-refractivity contribution >= 4 is 6.03 Å². The highest BCUT2D eigenvalue weighted by Gasteiger charge is 2.07. The first kappa shape index (κ1) is 11.5. The number of pyridine rings is 1. The van der Waals surface area contributed by atoms with Gasteiger partial charge in [0.1, 0.15) is 0 Å². The van der Waals surface area contributed by atoms with Crippen LogP contribution < -0.4 is 5.48 Å². The molecular formula is C10H15N3O2. The fourth-order valence-corrected chi connectivity index (χ4v) is 1.05. The largest absolute Gasteiger partial charge is 0.341 e. The van der Waals surface area contributed by atoms with E-state index < -0.39 is 0 Å². The van der Waals surface area contributed by atoms with Gasteiger partial charge in [-0.15, -0.1) is 0 Å². The van der Waals surface area contributed by atoms with Gasteiger partial charge in [0.25, 0.3) is 0 Å². The predicted octanol–water partition coefficient (Wildman–Crippen LogP) is 1.17. The normalized spacial score (nSPS) is 9.73. The smallest absolute Gasteiger partial charge is 0.322 e. The quantitative estimate of drug-likeness (QED) is 0.757. The van der Waals surface area contributed by atoms with Gasteiger partial charge in [0.05, 0.1) is 6.61 Å². The van der Waals surface area contributed by atoms with E-state index in [1.807, 2.05) is 19.1 Å². The number of carbonyl (C=O) groups excluding carboxylic acids is 1. The average molecular weight is 209 g/mol. The molecule has 0 fully saturated rings. The van der Waals surface area contributed by atoms with E-state index in [0.717, 1.165) is 5.56 Å². The maximum atomic E-state index is 11.4. The molecule has 1 N–H and O–H groups in total. The van der Waals surface area contributed by atoms with Crippen molar-refractivity contribution in [3.05, 3.63) is 30.1 Å². The molecule has 0 radical (unpaired) electrons. The molecule has 0 saturated heterocycles. The molecule has 0 aromatic carbocycles. The lowest BCUT2D eigenvalue weighted by atomic mass is 10.2. The average Bonchev–Trinajstić information content (AvgIpc) is 2.27. The number of hydrogen-bond acceptors (Lipinski definition) is 3. The third kappa shape index (κ3) is 3.95. The van der Waals surface area contributed by atoms with E-state index in [-0.39, 0.29) is 6.03 Å². The highest BCUT2D eigenvalue weighted by atomic mass is 16.7. The SMILES string of the molecule is CCONC(=O)N(C)Cc1ccncc1. The number of rotatable bonds is 4. The fraction of sp³-hybridized carbons (Fsp3) is 0.400. The zero-order valence-corrected chi connectivity index (χ0v) is 8.93. The lowest BCUT2D eigenvalue weighted by Crippen LogP contribution is -2.36. The molecule has 82 valence electrons. The Balaban J connectivity index is 2.41. The monoisotopic (exact) mass is 209 g/mol. The molecule has 0 atom stereocenters. The summed E-state index contributed by atoms with van der Waals surface area (Å²) in [6, 6.07) is 3.48. The molecule has 0 aliphatic rings. The minimum atomic E-state index is -0.256. The van der Waals surface area contributed by atoms with Gasteiger partial charge < -0.3 is 4.90 Å². The molecular weight excluding hydrogens is 194 g/mol. The number of urea groups is 1. The highest BCUT2D eigenvalue weighted by Crippen LogP contribution is 2.00. The zero-order chi connectivity index (χ0) is 11.1. The summed E-state index contributed by atoms with van der Waals surface area (Å²) in [5.41, 5.74) is 3.35. The number of nitrogens with zero attached hydrogens (tertiary/aromatic N) is 2. The van der Waals surface area contributed by atoms with E-state index in [1.54, 1.807) is 19.4 Å². The summed E-state index contributed by atoms with van der Waals surface area (Å²) < 4.78 is 0. The molecule has 2 amide bonds. The van der Waals surface area contributed by atoms with Crippen LogP contribution in [0.15, 0.2) is 24.5 Å². The summed E-state index contributed by atoms with van der Waals surface area (Å²) in [5, 5.41) is 0. The van der Waals surface area contributed by atoms with Gasteiger partial charge in [-0.1, -0.05) is 0 Å². The molecule has 1 rings (SSSR count). The summed E-state index contributed by atoms with van der Waals surface area (Å²) in [4.78, 5) is 21.6. The zero-order valence-electron chi connectivity index (χ0n) is 8.93. The third-order valence-electron chi connectivity index (χ3n) is 1.82. The molecule has 1 aromatic heterocycles. The summed E-state index contributed by atoms with van der Waals surface area (Å²) in [7, 11) is 1.70. The molecule has 5 nitrogen and oxygen atoms in total. The molecule has 0 unspecified atom stereocenters. The van der Waals surface area contributed by atoms with Crippen molar-refractivity contribution in [2.45, 2.75) is 13.5 Å². The first-order valence-corrected chi connectivity index (χ1v) is 4.76. The molecule has 1 heterocycles. The van der Waals surface area contributed by atoms with E-state index in [4.69, 9.17) is 4.84 Å². The van der Waals surface area contributed by atoms with Gasteiger partial charge >= 0.3 is 6.03 Å². The Morgan fingerprint density at radius 2 is 2.20 bits per heavy atom. The van der Waals surface area contributed by atoms with Crippen LogP contribution in [0.25, 0.3) is 0 Å². The number of nitrogens with one attached hydrogen (secondary N) is 1. The summed E-state index contributed by atoms with van der Waals surface area (Å²) in [6.45, 7) is 2.79. The second-order valence-electron chi connectivity index (χ2n) is 3.05. The number of hydroxylamine groups is 1. The van der Waals surface area contributed by atoms with Crippen molar-refractivity contribution in [1.82, 2.24) is 15.4 Å². The van der Waals surface area contributed by atoms with Crippen LogP contribution in [-0.4, -0.2) is 29.6 Å². The van der Waals surface area contributed by atoms with E-state index in [1.165, 1.54) is 4.90 Å². The van der Waals surface area contributed by atoms with Crippen LogP contribution in [-0.2, 0) is 11.4 Å².